The maximum atomic E-state index is 5.19. The Hall–Kier alpha value is -1.50. The fraction of sp³-hybridized carbons (Fsp3) is 0.333. The fourth-order valence-corrected chi connectivity index (χ4v) is 2.24. The number of hydrogen-bond donors (Lipinski definition) is 0. The lowest BCUT2D eigenvalue weighted by Gasteiger charge is -2.15. The molecule has 0 radical (unpaired) electrons. The third kappa shape index (κ3) is 2.04. The first-order chi connectivity index (χ1) is 7.86. The zero-order chi connectivity index (χ0) is 11.4. The SMILES string of the molecule is CCc1cccc(C2=CCOC=C2)c1CC. The summed E-state index contributed by atoms with van der Waals surface area (Å²) in [5.74, 6) is 0. The second-order valence-corrected chi connectivity index (χ2v) is 3.95. The molecule has 0 amide bonds. The summed E-state index contributed by atoms with van der Waals surface area (Å²) >= 11 is 0. The molecule has 0 aliphatic carbocycles. The zero-order valence-electron chi connectivity index (χ0n) is 9.99. The molecule has 0 bridgehead atoms. The standard InChI is InChI=1S/C15H18O/c1-3-12-6-5-7-15(14(12)4-2)13-8-10-16-11-9-13/h5-10H,3-4,11H2,1-2H3. The summed E-state index contributed by atoms with van der Waals surface area (Å²) in [4.78, 5) is 0. The highest BCUT2D eigenvalue weighted by molar-refractivity contribution is 5.77. The quantitative estimate of drug-likeness (QED) is 0.744. The predicted molar refractivity (Wildman–Crippen MR) is 68.3 cm³/mol. The van der Waals surface area contributed by atoms with Gasteiger partial charge in [0.1, 0.15) is 6.61 Å². The molecule has 1 aliphatic heterocycles. The van der Waals surface area contributed by atoms with Gasteiger partial charge in [-0.2, -0.15) is 0 Å². The third-order valence-corrected chi connectivity index (χ3v) is 3.06. The molecule has 1 aliphatic rings. The highest BCUT2D eigenvalue weighted by Crippen LogP contribution is 2.25. The van der Waals surface area contributed by atoms with Gasteiger partial charge in [-0.1, -0.05) is 32.0 Å². The van der Waals surface area contributed by atoms with Crippen molar-refractivity contribution in [3.8, 4) is 0 Å². The van der Waals surface area contributed by atoms with Gasteiger partial charge in [0.05, 0.1) is 6.26 Å². The Morgan fingerprint density at radius 3 is 2.69 bits per heavy atom. The van der Waals surface area contributed by atoms with Crippen molar-refractivity contribution in [2.45, 2.75) is 26.7 Å². The molecule has 1 heterocycles. The number of benzene rings is 1. The molecule has 0 saturated carbocycles. The van der Waals surface area contributed by atoms with Crippen LogP contribution in [-0.2, 0) is 17.6 Å². The maximum Gasteiger partial charge on any atom is 0.106 e. The molecule has 0 saturated heterocycles. The molecule has 0 atom stereocenters. The lowest BCUT2D eigenvalue weighted by atomic mass is 9.92. The van der Waals surface area contributed by atoms with E-state index in [-0.39, 0.29) is 0 Å². The van der Waals surface area contributed by atoms with Gasteiger partial charge in [-0.15, -0.1) is 0 Å². The van der Waals surface area contributed by atoms with E-state index in [2.05, 4.69) is 44.2 Å². The van der Waals surface area contributed by atoms with Gasteiger partial charge in [0, 0.05) is 0 Å². The van der Waals surface area contributed by atoms with E-state index in [4.69, 9.17) is 4.74 Å². The van der Waals surface area contributed by atoms with Crippen LogP contribution in [0.5, 0.6) is 0 Å². The van der Waals surface area contributed by atoms with E-state index in [1.54, 1.807) is 6.26 Å². The van der Waals surface area contributed by atoms with Gasteiger partial charge in [0.15, 0.2) is 0 Å². The van der Waals surface area contributed by atoms with Crippen LogP contribution >= 0.6 is 0 Å². The fourth-order valence-electron chi connectivity index (χ4n) is 2.24. The van der Waals surface area contributed by atoms with Gasteiger partial charge in [-0.3, -0.25) is 0 Å². The Labute approximate surface area is 97.4 Å². The van der Waals surface area contributed by atoms with Gasteiger partial charge in [0.2, 0.25) is 0 Å². The minimum absolute atomic E-state index is 0.686. The summed E-state index contributed by atoms with van der Waals surface area (Å²) in [6.45, 7) is 5.12. The average molecular weight is 214 g/mol. The van der Waals surface area contributed by atoms with Gasteiger partial charge in [0.25, 0.3) is 0 Å². The van der Waals surface area contributed by atoms with Crippen molar-refractivity contribution >= 4 is 5.57 Å². The van der Waals surface area contributed by atoms with Crippen LogP contribution in [0.1, 0.15) is 30.5 Å². The minimum atomic E-state index is 0.686. The molecular weight excluding hydrogens is 196 g/mol. The van der Waals surface area contributed by atoms with Crippen molar-refractivity contribution in [3.05, 3.63) is 53.3 Å². The summed E-state index contributed by atoms with van der Waals surface area (Å²) in [7, 11) is 0. The topological polar surface area (TPSA) is 9.23 Å². The summed E-state index contributed by atoms with van der Waals surface area (Å²) in [5, 5.41) is 0. The van der Waals surface area contributed by atoms with Crippen molar-refractivity contribution in [1.29, 1.82) is 0 Å². The summed E-state index contributed by atoms with van der Waals surface area (Å²) in [5.41, 5.74) is 5.59. The first-order valence-electron chi connectivity index (χ1n) is 5.96. The van der Waals surface area contributed by atoms with Crippen LogP contribution < -0.4 is 0 Å². The minimum Gasteiger partial charge on any atom is -0.497 e. The monoisotopic (exact) mass is 214 g/mol. The average Bonchev–Trinajstić information content (AvgIpc) is 2.38. The Balaban J connectivity index is 2.47. The van der Waals surface area contributed by atoms with E-state index in [0.717, 1.165) is 12.8 Å². The van der Waals surface area contributed by atoms with Crippen LogP contribution in [0.15, 0.2) is 36.6 Å². The molecule has 0 unspecified atom stereocenters. The van der Waals surface area contributed by atoms with E-state index >= 15 is 0 Å². The van der Waals surface area contributed by atoms with Crippen molar-refractivity contribution < 1.29 is 4.74 Å². The van der Waals surface area contributed by atoms with Crippen LogP contribution in [0.4, 0.5) is 0 Å². The molecule has 0 spiro atoms. The van der Waals surface area contributed by atoms with Gasteiger partial charge < -0.3 is 4.74 Å². The first-order valence-corrected chi connectivity index (χ1v) is 5.96. The van der Waals surface area contributed by atoms with E-state index in [1.165, 1.54) is 22.3 Å². The van der Waals surface area contributed by atoms with E-state index < -0.39 is 0 Å². The van der Waals surface area contributed by atoms with Gasteiger partial charge >= 0.3 is 0 Å². The number of allylic oxidation sites excluding steroid dienone is 2. The Bertz CT molecular complexity index is 427. The lowest BCUT2D eigenvalue weighted by Crippen LogP contribution is -1.99. The molecule has 16 heavy (non-hydrogen) atoms. The zero-order valence-corrected chi connectivity index (χ0v) is 9.99. The predicted octanol–water partition coefficient (Wildman–Crippen LogP) is 3.74. The molecule has 0 N–H and O–H groups in total. The Morgan fingerprint density at radius 2 is 2.06 bits per heavy atom. The van der Waals surface area contributed by atoms with Crippen molar-refractivity contribution in [1.82, 2.24) is 0 Å². The largest absolute Gasteiger partial charge is 0.497 e. The first kappa shape index (κ1) is 11.0. The van der Waals surface area contributed by atoms with Gasteiger partial charge in [-0.05, 0) is 47.3 Å². The molecule has 1 heteroatoms. The number of rotatable bonds is 3. The maximum absolute atomic E-state index is 5.19. The van der Waals surface area contributed by atoms with E-state index in [1.807, 2.05) is 0 Å². The molecule has 84 valence electrons. The lowest BCUT2D eigenvalue weighted by molar-refractivity contribution is 0.287. The Kier molecular flexibility index (Phi) is 3.45. The normalized spacial score (nSPS) is 14.5. The van der Waals surface area contributed by atoms with Crippen LogP contribution in [0.2, 0.25) is 0 Å². The van der Waals surface area contributed by atoms with Crippen molar-refractivity contribution in [2.75, 3.05) is 6.61 Å². The van der Waals surface area contributed by atoms with E-state index in [9.17, 15) is 0 Å². The van der Waals surface area contributed by atoms with Crippen LogP contribution in [0.3, 0.4) is 0 Å². The summed E-state index contributed by atoms with van der Waals surface area (Å²) in [6, 6.07) is 6.59. The number of aryl methyl sites for hydroxylation is 1. The highest BCUT2D eigenvalue weighted by atomic mass is 16.5. The highest BCUT2D eigenvalue weighted by Gasteiger charge is 2.09. The summed E-state index contributed by atoms with van der Waals surface area (Å²) < 4.78 is 5.19. The van der Waals surface area contributed by atoms with Crippen LogP contribution in [0, 0.1) is 0 Å². The molecule has 1 nitrogen and oxygen atoms in total. The molecular formula is C15H18O. The van der Waals surface area contributed by atoms with Gasteiger partial charge in [-0.25, -0.2) is 0 Å². The second kappa shape index (κ2) is 5.02. The number of hydrogen-bond acceptors (Lipinski definition) is 1. The molecule has 1 aromatic rings. The molecule has 1 aromatic carbocycles. The van der Waals surface area contributed by atoms with Crippen LogP contribution in [-0.4, -0.2) is 6.61 Å². The smallest absolute Gasteiger partial charge is 0.106 e. The molecule has 0 fully saturated rings. The van der Waals surface area contributed by atoms with E-state index in [0.29, 0.717) is 6.61 Å². The summed E-state index contributed by atoms with van der Waals surface area (Å²) in [6.07, 6.45) is 8.18. The third-order valence-electron chi connectivity index (χ3n) is 3.06. The van der Waals surface area contributed by atoms with Crippen molar-refractivity contribution in [3.63, 3.8) is 0 Å². The van der Waals surface area contributed by atoms with Crippen molar-refractivity contribution in [2.24, 2.45) is 0 Å². The number of ether oxygens (including phenoxy) is 1. The Morgan fingerprint density at radius 1 is 1.19 bits per heavy atom. The molecule has 0 aromatic heterocycles. The second-order valence-electron chi connectivity index (χ2n) is 3.95. The van der Waals surface area contributed by atoms with Crippen LogP contribution in [0.25, 0.3) is 5.57 Å². The molecule has 2 rings (SSSR count).